The molecule has 0 saturated carbocycles. The van der Waals surface area contributed by atoms with E-state index < -0.39 is 17.7 Å². The molecular weight excluding hydrogens is 322 g/mol. The molecule has 0 aromatic heterocycles. The lowest BCUT2D eigenvalue weighted by atomic mass is 10.0. The topological polar surface area (TPSA) is 84.9 Å². The van der Waals surface area contributed by atoms with Gasteiger partial charge in [0.2, 0.25) is 0 Å². The highest BCUT2D eigenvalue weighted by atomic mass is 16.6. The highest BCUT2D eigenvalue weighted by molar-refractivity contribution is 5.91. The lowest BCUT2D eigenvalue weighted by Gasteiger charge is -2.19. The molecule has 0 aliphatic rings. The molecule has 0 unspecified atom stereocenters. The molecule has 0 aliphatic carbocycles. The van der Waals surface area contributed by atoms with Crippen molar-refractivity contribution >= 4 is 17.7 Å². The minimum atomic E-state index is -1.04. The second-order valence-electron chi connectivity index (χ2n) is 6.46. The molecule has 6 nitrogen and oxygen atoms in total. The van der Waals surface area contributed by atoms with Gasteiger partial charge in [0.15, 0.2) is 0 Å². The third kappa shape index (κ3) is 5.24. The van der Waals surface area contributed by atoms with Gasteiger partial charge in [-0.05, 0) is 62.2 Å². The Balaban J connectivity index is 2.31. The van der Waals surface area contributed by atoms with E-state index in [4.69, 9.17) is 9.47 Å². The molecule has 0 atom stereocenters. The number of ether oxygens (including phenoxy) is 2. The van der Waals surface area contributed by atoms with Gasteiger partial charge in [0.25, 0.3) is 0 Å². The molecule has 6 heteroatoms. The van der Waals surface area contributed by atoms with Crippen molar-refractivity contribution in [2.75, 3.05) is 12.4 Å². The first-order chi connectivity index (χ1) is 11.7. The number of methoxy groups -OCH3 is 1. The second-order valence-corrected chi connectivity index (χ2v) is 6.46. The lowest BCUT2D eigenvalue weighted by Crippen LogP contribution is -2.27. The summed E-state index contributed by atoms with van der Waals surface area (Å²) in [6, 6.07) is 11.8. The standard InChI is InChI=1S/C19H21NO5/c1-19(2,3)25-18(23)20-15-7-5-6-12(9-15)13-8-14(17(21)22)11-16(10-13)24-4/h5-11H,1-4H3,(H,20,23)(H,21,22). The zero-order valence-corrected chi connectivity index (χ0v) is 14.6. The van der Waals surface area contributed by atoms with E-state index in [9.17, 15) is 14.7 Å². The number of amides is 1. The zero-order valence-electron chi connectivity index (χ0n) is 14.6. The average molecular weight is 343 g/mol. The van der Waals surface area contributed by atoms with E-state index >= 15 is 0 Å². The first kappa shape index (κ1) is 18.3. The summed E-state index contributed by atoms with van der Waals surface area (Å²) >= 11 is 0. The Morgan fingerprint density at radius 2 is 1.76 bits per heavy atom. The van der Waals surface area contributed by atoms with Crippen LogP contribution in [0.1, 0.15) is 31.1 Å². The van der Waals surface area contributed by atoms with Crippen molar-refractivity contribution < 1.29 is 24.2 Å². The lowest BCUT2D eigenvalue weighted by molar-refractivity contribution is 0.0634. The number of benzene rings is 2. The molecule has 0 bridgehead atoms. The summed E-state index contributed by atoms with van der Waals surface area (Å²) in [7, 11) is 1.48. The number of carboxylic acids is 1. The van der Waals surface area contributed by atoms with Crippen LogP contribution in [0.15, 0.2) is 42.5 Å². The minimum Gasteiger partial charge on any atom is -0.497 e. The van der Waals surface area contributed by atoms with Crippen molar-refractivity contribution in [1.82, 2.24) is 0 Å². The van der Waals surface area contributed by atoms with E-state index in [1.54, 1.807) is 51.1 Å². The van der Waals surface area contributed by atoms with Crippen molar-refractivity contribution in [2.24, 2.45) is 0 Å². The minimum absolute atomic E-state index is 0.125. The summed E-state index contributed by atoms with van der Waals surface area (Å²) in [5.41, 5.74) is 1.50. The van der Waals surface area contributed by atoms with Gasteiger partial charge in [0.05, 0.1) is 12.7 Å². The summed E-state index contributed by atoms with van der Waals surface area (Å²) in [6.07, 6.45) is -0.554. The largest absolute Gasteiger partial charge is 0.497 e. The molecule has 1 amide bonds. The monoisotopic (exact) mass is 343 g/mol. The predicted octanol–water partition coefficient (Wildman–Crippen LogP) is 4.41. The fourth-order valence-electron chi connectivity index (χ4n) is 2.21. The second kappa shape index (κ2) is 7.25. The Morgan fingerprint density at radius 3 is 2.36 bits per heavy atom. The predicted molar refractivity (Wildman–Crippen MR) is 95.2 cm³/mol. The summed E-state index contributed by atoms with van der Waals surface area (Å²) in [5.74, 6) is -0.594. The average Bonchev–Trinajstić information content (AvgIpc) is 2.52. The quantitative estimate of drug-likeness (QED) is 0.859. The Labute approximate surface area is 146 Å². The SMILES string of the molecule is COc1cc(C(=O)O)cc(-c2cccc(NC(=O)OC(C)(C)C)c2)c1. The van der Waals surface area contributed by atoms with Crippen LogP contribution in [0.25, 0.3) is 11.1 Å². The van der Waals surface area contributed by atoms with Gasteiger partial charge in [-0.25, -0.2) is 9.59 Å². The Bertz CT molecular complexity index is 793. The summed E-state index contributed by atoms with van der Waals surface area (Å²) in [6.45, 7) is 5.35. The van der Waals surface area contributed by atoms with Crippen LogP contribution >= 0.6 is 0 Å². The van der Waals surface area contributed by atoms with Crippen LogP contribution in [0.2, 0.25) is 0 Å². The molecule has 0 fully saturated rings. The maximum atomic E-state index is 11.9. The number of carboxylic acid groups (broad SMARTS) is 1. The van der Waals surface area contributed by atoms with E-state index in [0.717, 1.165) is 5.56 Å². The number of anilines is 1. The van der Waals surface area contributed by atoms with Crippen LogP contribution in [0.4, 0.5) is 10.5 Å². The van der Waals surface area contributed by atoms with Crippen LogP contribution in [-0.2, 0) is 4.74 Å². The first-order valence-electron chi connectivity index (χ1n) is 7.71. The van der Waals surface area contributed by atoms with Crippen LogP contribution in [0.3, 0.4) is 0 Å². The molecule has 2 aromatic carbocycles. The molecule has 132 valence electrons. The third-order valence-electron chi connectivity index (χ3n) is 3.23. The highest BCUT2D eigenvalue weighted by Crippen LogP contribution is 2.28. The number of hydrogen-bond acceptors (Lipinski definition) is 4. The van der Waals surface area contributed by atoms with E-state index in [-0.39, 0.29) is 5.56 Å². The van der Waals surface area contributed by atoms with Gasteiger partial charge >= 0.3 is 12.1 Å². The van der Waals surface area contributed by atoms with Gasteiger partial charge in [0.1, 0.15) is 11.4 Å². The molecule has 2 aromatic rings. The number of rotatable bonds is 4. The number of aromatic carboxylic acids is 1. The number of nitrogens with one attached hydrogen (secondary N) is 1. The maximum Gasteiger partial charge on any atom is 0.412 e. The summed E-state index contributed by atoms with van der Waals surface area (Å²) < 4.78 is 10.4. The number of carbonyl (C=O) groups excluding carboxylic acids is 1. The normalized spacial score (nSPS) is 10.9. The molecule has 0 radical (unpaired) electrons. The van der Waals surface area contributed by atoms with Gasteiger partial charge in [-0.3, -0.25) is 5.32 Å². The van der Waals surface area contributed by atoms with E-state index in [1.165, 1.54) is 13.2 Å². The number of hydrogen-bond donors (Lipinski definition) is 2. The van der Waals surface area contributed by atoms with Gasteiger partial charge in [-0.2, -0.15) is 0 Å². The zero-order chi connectivity index (χ0) is 18.6. The third-order valence-corrected chi connectivity index (χ3v) is 3.23. The van der Waals surface area contributed by atoms with E-state index in [0.29, 0.717) is 17.0 Å². The van der Waals surface area contributed by atoms with Crippen LogP contribution in [0.5, 0.6) is 5.75 Å². The smallest absolute Gasteiger partial charge is 0.412 e. The van der Waals surface area contributed by atoms with Crippen molar-refractivity contribution in [1.29, 1.82) is 0 Å². The van der Waals surface area contributed by atoms with Crippen LogP contribution in [-0.4, -0.2) is 29.9 Å². The first-order valence-corrected chi connectivity index (χ1v) is 7.71. The molecule has 0 heterocycles. The molecular formula is C19H21NO5. The van der Waals surface area contributed by atoms with Crippen LogP contribution in [0, 0.1) is 0 Å². The Kier molecular flexibility index (Phi) is 5.32. The Morgan fingerprint density at radius 1 is 1.04 bits per heavy atom. The molecule has 0 spiro atoms. The van der Waals surface area contributed by atoms with Crippen molar-refractivity contribution in [3.05, 3.63) is 48.0 Å². The van der Waals surface area contributed by atoms with Gasteiger partial charge < -0.3 is 14.6 Å². The van der Waals surface area contributed by atoms with Crippen molar-refractivity contribution in [2.45, 2.75) is 26.4 Å². The van der Waals surface area contributed by atoms with Gasteiger partial charge in [0, 0.05) is 5.69 Å². The summed E-state index contributed by atoms with van der Waals surface area (Å²) in [5, 5.41) is 11.9. The molecule has 2 rings (SSSR count). The number of carbonyl (C=O) groups is 2. The fourth-order valence-corrected chi connectivity index (χ4v) is 2.21. The molecule has 0 saturated heterocycles. The van der Waals surface area contributed by atoms with Crippen molar-refractivity contribution in [3.63, 3.8) is 0 Å². The summed E-state index contributed by atoms with van der Waals surface area (Å²) in [4.78, 5) is 23.2. The Hall–Kier alpha value is -3.02. The molecule has 0 aliphatic heterocycles. The van der Waals surface area contributed by atoms with E-state index in [1.807, 2.05) is 6.07 Å². The van der Waals surface area contributed by atoms with Crippen molar-refractivity contribution in [3.8, 4) is 16.9 Å². The molecule has 2 N–H and O–H groups in total. The highest BCUT2D eigenvalue weighted by Gasteiger charge is 2.16. The van der Waals surface area contributed by atoms with E-state index in [2.05, 4.69) is 5.32 Å². The van der Waals surface area contributed by atoms with Crippen LogP contribution < -0.4 is 10.1 Å². The van der Waals surface area contributed by atoms with Gasteiger partial charge in [-0.15, -0.1) is 0 Å². The van der Waals surface area contributed by atoms with Gasteiger partial charge in [-0.1, -0.05) is 12.1 Å². The maximum absolute atomic E-state index is 11.9. The molecule has 25 heavy (non-hydrogen) atoms. The fraction of sp³-hybridized carbons (Fsp3) is 0.263.